The van der Waals surface area contributed by atoms with Crippen molar-refractivity contribution in [3.05, 3.63) is 17.6 Å². The molecule has 132 valence electrons. The number of rotatable bonds is 4. The molecule has 1 aromatic heterocycles. The van der Waals surface area contributed by atoms with Crippen LogP contribution in [-0.4, -0.2) is 48.2 Å². The third-order valence-electron chi connectivity index (χ3n) is 5.27. The van der Waals surface area contributed by atoms with Crippen molar-refractivity contribution >= 4 is 11.7 Å². The van der Waals surface area contributed by atoms with Crippen LogP contribution < -0.4 is 10.2 Å². The summed E-state index contributed by atoms with van der Waals surface area (Å²) >= 11 is 0. The van der Waals surface area contributed by atoms with Crippen molar-refractivity contribution in [1.82, 2.24) is 15.3 Å². The zero-order chi connectivity index (χ0) is 17.2. The second kappa shape index (κ2) is 7.05. The van der Waals surface area contributed by atoms with Crippen LogP contribution in [0, 0.1) is 19.3 Å². The van der Waals surface area contributed by atoms with E-state index in [-0.39, 0.29) is 11.3 Å². The first-order chi connectivity index (χ1) is 11.5. The molecular weight excluding hydrogens is 304 g/mol. The molecule has 1 N–H and O–H groups in total. The van der Waals surface area contributed by atoms with Gasteiger partial charge in [0.25, 0.3) is 0 Å². The topological polar surface area (TPSA) is 67.4 Å². The molecule has 2 aliphatic rings. The molecule has 1 atom stereocenters. The van der Waals surface area contributed by atoms with Gasteiger partial charge >= 0.3 is 0 Å². The highest BCUT2D eigenvalue weighted by Gasteiger charge is 2.36. The fourth-order valence-corrected chi connectivity index (χ4v) is 3.67. The molecule has 0 bridgehead atoms. The Kier molecular flexibility index (Phi) is 5.04. The Morgan fingerprint density at radius 1 is 1.38 bits per heavy atom. The Hall–Kier alpha value is -1.69. The second-order valence-corrected chi connectivity index (χ2v) is 7.29. The summed E-state index contributed by atoms with van der Waals surface area (Å²) in [7, 11) is 0. The maximum Gasteiger partial charge on any atom is 0.226 e. The Bertz CT molecular complexity index is 578. The van der Waals surface area contributed by atoms with Gasteiger partial charge < -0.3 is 15.0 Å². The van der Waals surface area contributed by atoms with E-state index in [1.54, 1.807) is 0 Å². The highest BCUT2D eigenvalue weighted by molar-refractivity contribution is 5.82. The van der Waals surface area contributed by atoms with E-state index in [0.29, 0.717) is 25.8 Å². The van der Waals surface area contributed by atoms with Crippen molar-refractivity contribution in [2.24, 2.45) is 5.41 Å². The molecule has 0 aliphatic carbocycles. The number of carbonyl (C=O) groups excluding carboxylic acids is 1. The number of anilines is 1. The van der Waals surface area contributed by atoms with Gasteiger partial charge in [-0.1, -0.05) is 6.92 Å². The van der Waals surface area contributed by atoms with Crippen LogP contribution >= 0.6 is 0 Å². The highest BCUT2D eigenvalue weighted by atomic mass is 16.5. The molecular formula is C18H28N4O2. The number of hydrogen-bond acceptors (Lipinski definition) is 5. The highest BCUT2D eigenvalue weighted by Crippen LogP contribution is 2.30. The summed E-state index contributed by atoms with van der Waals surface area (Å²) in [5.74, 6) is 1.94. The van der Waals surface area contributed by atoms with Crippen molar-refractivity contribution in [2.75, 3.05) is 31.2 Å². The van der Waals surface area contributed by atoms with Crippen LogP contribution in [0.5, 0.6) is 0 Å². The van der Waals surface area contributed by atoms with Gasteiger partial charge in [0.1, 0.15) is 11.6 Å². The van der Waals surface area contributed by atoms with Gasteiger partial charge in [-0.25, -0.2) is 9.97 Å². The average Bonchev–Trinajstić information content (AvgIpc) is 3.01. The number of ether oxygens (including phenoxy) is 1. The van der Waals surface area contributed by atoms with Crippen LogP contribution in [0.15, 0.2) is 6.07 Å². The minimum absolute atomic E-state index is 0.160. The summed E-state index contributed by atoms with van der Waals surface area (Å²) in [5, 5.41) is 3.18. The smallest absolute Gasteiger partial charge is 0.226 e. The first-order valence-electron chi connectivity index (χ1n) is 8.93. The zero-order valence-corrected chi connectivity index (χ0v) is 15.0. The van der Waals surface area contributed by atoms with Gasteiger partial charge in [0.15, 0.2) is 0 Å². The summed E-state index contributed by atoms with van der Waals surface area (Å²) in [4.78, 5) is 23.9. The average molecular weight is 332 g/mol. The molecule has 6 heteroatoms. The maximum absolute atomic E-state index is 12.6. The number of aryl methyl sites for hydroxylation is 2. The predicted molar refractivity (Wildman–Crippen MR) is 93.0 cm³/mol. The number of aromatic nitrogens is 2. The van der Waals surface area contributed by atoms with Crippen molar-refractivity contribution in [1.29, 1.82) is 0 Å². The first-order valence-corrected chi connectivity index (χ1v) is 8.93. The quantitative estimate of drug-likeness (QED) is 0.913. The number of nitrogens with one attached hydrogen (secondary N) is 1. The molecule has 3 rings (SSSR count). The Balaban J connectivity index is 1.63. The van der Waals surface area contributed by atoms with Crippen LogP contribution in [0.4, 0.5) is 5.82 Å². The van der Waals surface area contributed by atoms with Crippen LogP contribution in [0.3, 0.4) is 0 Å². The van der Waals surface area contributed by atoms with E-state index in [1.165, 1.54) is 0 Å². The lowest BCUT2D eigenvalue weighted by atomic mass is 9.81. The standard InChI is InChI=1S/C18H28N4O2/c1-13-11-16(21-14(2)20-13)22-8-4-5-15(22)12-19-17(23)18(3)6-9-24-10-7-18/h11,15H,4-10,12H2,1-3H3,(H,19,23). The lowest BCUT2D eigenvalue weighted by Gasteiger charge is -2.33. The SMILES string of the molecule is Cc1cc(N2CCCC2CNC(=O)C2(C)CCOCC2)nc(C)n1. The normalized spacial score (nSPS) is 23.3. The molecule has 0 saturated carbocycles. The summed E-state index contributed by atoms with van der Waals surface area (Å²) in [5.41, 5.74) is 0.700. The molecule has 2 aliphatic heterocycles. The van der Waals surface area contributed by atoms with Gasteiger partial charge in [-0.2, -0.15) is 0 Å². The van der Waals surface area contributed by atoms with Crippen molar-refractivity contribution < 1.29 is 9.53 Å². The predicted octanol–water partition coefficient (Wildman–Crippen LogP) is 2.00. The third kappa shape index (κ3) is 3.69. The van der Waals surface area contributed by atoms with E-state index in [1.807, 2.05) is 19.9 Å². The van der Waals surface area contributed by atoms with Gasteiger partial charge in [-0.05, 0) is 39.5 Å². The molecule has 2 saturated heterocycles. The molecule has 24 heavy (non-hydrogen) atoms. The largest absolute Gasteiger partial charge is 0.381 e. The van der Waals surface area contributed by atoms with Crippen molar-refractivity contribution in [2.45, 2.75) is 52.5 Å². The van der Waals surface area contributed by atoms with Crippen molar-refractivity contribution in [3.8, 4) is 0 Å². The number of amides is 1. The molecule has 3 heterocycles. The van der Waals surface area contributed by atoms with E-state index in [2.05, 4.69) is 27.1 Å². The Labute approximate surface area is 144 Å². The van der Waals surface area contributed by atoms with Crippen LogP contribution in [0.1, 0.15) is 44.1 Å². The molecule has 6 nitrogen and oxygen atoms in total. The van der Waals surface area contributed by atoms with Gasteiger partial charge in [0, 0.05) is 44.1 Å². The second-order valence-electron chi connectivity index (χ2n) is 7.29. The van der Waals surface area contributed by atoms with E-state index in [0.717, 1.165) is 49.6 Å². The van der Waals surface area contributed by atoms with E-state index < -0.39 is 0 Å². The third-order valence-corrected chi connectivity index (χ3v) is 5.27. The number of carbonyl (C=O) groups is 1. The summed E-state index contributed by atoms with van der Waals surface area (Å²) in [6.45, 7) is 9.00. The molecule has 2 fully saturated rings. The monoisotopic (exact) mass is 332 g/mol. The molecule has 1 amide bonds. The van der Waals surface area contributed by atoms with Gasteiger partial charge in [-0.15, -0.1) is 0 Å². The Morgan fingerprint density at radius 3 is 2.83 bits per heavy atom. The molecule has 0 aromatic carbocycles. The van der Waals surface area contributed by atoms with E-state index in [4.69, 9.17) is 4.74 Å². The lowest BCUT2D eigenvalue weighted by Crippen LogP contribution is -2.47. The number of hydrogen-bond donors (Lipinski definition) is 1. The van der Waals surface area contributed by atoms with Crippen LogP contribution in [-0.2, 0) is 9.53 Å². The first kappa shape index (κ1) is 17.1. The van der Waals surface area contributed by atoms with Gasteiger partial charge in [0.05, 0.1) is 5.41 Å². The molecule has 1 unspecified atom stereocenters. The summed E-state index contributed by atoms with van der Waals surface area (Å²) in [6.07, 6.45) is 3.82. The Morgan fingerprint density at radius 2 is 2.12 bits per heavy atom. The van der Waals surface area contributed by atoms with Crippen LogP contribution in [0.25, 0.3) is 0 Å². The van der Waals surface area contributed by atoms with E-state index in [9.17, 15) is 4.79 Å². The maximum atomic E-state index is 12.6. The minimum Gasteiger partial charge on any atom is -0.381 e. The van der Waals surface area contributed by atoms with E-state index >= 15 is 0 Å². The minimum atomic E-state index is -0.288. The summed E-state index contributed by atoms with van der Waals surface area (Å²) in [6, 6.07) is 2.35. The fraction of sp³-hybridized carbons (Fsp3) is 0.722. The van der Waals surface area contributed by atoms with Crippen LogP contribution in [0.2, 0.25) is 0 Å². The lowest BCUT2D eigenvalue weighted by molar-refractivity contribution is -0.135. The molecule has 0 spiro atoms. The number of nitrogens with zero attached hydrogens (tertiary/aromatic N) is 3. The van der Waals surface area contributed by atoms with Crippen molar-refractivity contribution in [3.63, 3.8) is 0 Å². The van der Waals surface area contributed by atoms with Gasteiger partial charge in [0.2, 0.25) is 5.91 Å². The zero-order valence-electron chi connectivity index (χ0n) is 15.0. The molecule has 1 aromatic rings. The molecule has 0 radical (unpaired) electrons. The summed E-state index contributed by atoms with van der Waals surface area (Å²) < 4.78 is 5.39. The fourth-order valence-electron chi connectivity index (χ4n) is 3.67. The van der Waals surface area contributed by atoms with Gasteiger partial charge in [-0.3, -0.25) is 4.79 Å².